The third-order valence-electron chi connectivity index (χ3n) is 5.37. The summed E-state index contributed by atoms with van der Waals surface area (Å²) >= 11 is 0. The van der Waals surface area contributed by atoms with Crippen molar-refractivity contribution in [2.24, 2.45) is 5.92 Å². The van der Waals surface area contributed by atoms with Gasteiger partial charge in [0.2, 0.25) is 0 Å². The van der Waals surface area contributed by atoms with Crippen molar-refractivity contribution in [3.05, 3.63) is 29.8 Å². The molecule has 0 unspecified atom stereocenters. The molecule has 0 spiro atoms. The Balaban J connectivity index is 1.39. The molecule has 132 valence electrons. The number of likely N-dealkylation sites (tertiary alicyclic amines) is 1. The SMILES string of the molecule is O=C(O)N1CCC(CO[C@H]2CC[C@H](c3ccncc3F)CC2)CC1. The van der Waals surface area contributed by atoms with Crippen LogP contribution in [0.4, 0.5) is 9.18 Å². The van der Waals surface area contributed by atoms with Crippen LogP contribution in [0.1, 0.15) is 50.0 Å². The summed E-state index contributed by atoms with van der Waals surface area (Å²) in [5, 5.41) is 8.96. The molecule has 1 aliphatic heterocycles. The molecule has 1 aromatic rings. The summed E-state index contributed by atoms with van der Waals surface area (Å²) in [6.07, 6.45) is 7.95. The number of amides is 1. The monoisotopic (exact) mass is 336 g/mol. The lowest BCUT2D eigenvalue weighted by Crippen LogP contribution is -2.39. The fourth-order valence-electron chi connectivity index (χ4n) is 3.82. The Hall–Kier alpha value is -1.69. The van der Waals surface area contributed by atoms with Gasteiger partial charge in [0.15, 0.2) is 0 Å². The van der Waals surface area contributed by atoms with Gasteiger partial charge in [-0.2, -0.15) is 0 Å². The summed E-state index contributed by atoms with van der Waals surface area (Å²) in [7, 11) is 0. The van der Waals surface area contributed by atoms with Crippen LogP contribution in [-0.2, 0) is 4.74 Å². The van der Waals surface area contributed by atoms with Crippen molar-refractivity contribution in [2.45, 2.75) is 50.5 Å². The van der Waals surface area contributed by atoms with Gasteiger partial charge in [-0.1, -0.05) is 0 Å². The predicted octanol–water partition coefficient (Wildman–Crippen LogP) is 3.65. The highest BCUT2D eigenvalue weighted by Gasteiger charge is 2.27. The van der Waals surface area contributed by atoms with E-state index in [1.54, 1.807) is 12.3 Å². The molecule has 0 bridgehead atoms. The number of aromatic nitrogens is 1. The first-order valence-electron chi connectivity index (χ1n) is 8.82. The third-order valence-corrected chi connectivity index (χ3v) is 5.37. The maximum absolute atomic E-state index is 13.8. The van der Waals surface area contributed by atoms with Crippen molar-refractivity contribution in [1.29, 1.82) is 0 Å². The first-order valence-corrected chi connectivity index (χ1v) is 8.82. The molecule has 1 amide bonds. The normalized spacial score (nSPS) is 25.6. The Morgan fingerprint density at radius 2 is 1.96 bits per heavy atom. The lowest BCUT2D eigenvalue weighted by atomic mass is 9.83. The highest BCUT2D eigenvalue weighted by Crippen LogP contribution is 2.35. The van der Waals surface area contributed by atoms with Crippen molar-refractivity contribution < 1.29 is 19.0 Å². The molecule has 1 N–H and O–H groups in total. The lowest BCUT2D eigenvalue weighted by Gasteiger charge is -2.33. The van der Waals surface area contributed by atoms with Crippen LogP contribution in [0.5, 0.6) is 0 Å². The average molecular weight is 336 g/mol. The summed E-state index contributed by atoms with van der Waals surface area (Å²) in [6, 6.07) is 1.79. The van der Waals surface area contributed by atoms with E-state index in [0.717, 1.165) is 44.1 Å². The van der Waals surface area contributed by atoms with E-state index in [-0.39, 0.29) is 17.8 Å². The van der Waals surface area contributed by atoms with E-state index in [4.69, 9.17) is 9.84 Å². The second-order valence-electron chi connectivity index (χ2n) is 6.92. The first-order chi connectivity index (χ1) is 11.6. The fraction of sp³-hybridized carbons (Fsp3) is 0.667. The van der Waals surface area contributed by atoms with Gasteiger partial charge in [-0.15, -0.1) is 0 Å². The van der Waals surface area contributed by atoms with Crippen LogP contribution in [0.3, 0.4) is 0 Å². The lowest BCUT2D eigenvalue weighted by molar-refractivity contribution is -0.00686. The van der Waals surface area contributed by atoms with Gasteiger partial charge < -0.3 is 14.7 Å². The Labute approximate surface area is 141 Å². The molecule has 2 heterocycles. The summed E-state index contributed by atoms with van der Waals surface area (Å²) in [5.41, 5.74) is 0.782. The second-order valence-corrected chi connectivity index (χ2v) is 6.92. The molecule has 1 aromatic heterocycles. The molecular formula is C18H25FN2O3. The van der Waals surface area contributed by atoms with Crippen LogP contribution in [0, 0.1) is 11.7 Å². The molecule has 1 saturated carbocycles. The van der Waals surface area contributed by atoms with Gasteiger partial charge in [-0.3, -0.25) is 4.98 Å². The summed E-state index contributed by atoms with van der Waals surface area (Å²) in [4.78, 5) is 16.2. The number of pyridine rings is 1. The van der Waals surface area contributed by atoms with Crippen LogP contribution in [-0.4, -0.2) is 46.9 Å². The number of rotatable bonds is 4. The number of hydrogen-bond acceptors (Lipinski definition) is 3. The zero-order valence-electron chi connectivity index (χ0n) is 13.9. The van der Waals surface area contributed by atoms with E-state index in [2.05, 4.69) is 4.98 Å². The van der Waals surface area contributed by atoms with Crippen LogP contribution in [0.25, 0.3) is 0 Å². The zero-order valence-corrected chi connectivity index (χ0v) is 13.9. The second kappa shape index (κ2) is 7.92. The summed E-state index contributed by atoms with van der Waals surface area (Å²) in [6.45, 7) is 1.93. The molecule has 1 aliphatic carbocycles. The molecule has 24 heavy (non-hydrogen) atoms. The number of carboxylic acid groups (broad SMARTS) is 1. The molecule has 3 rings (SSSR count). The Morgan fingerprint density at radius 3 is 2.58 bits per heavy atom. The topological polar surface area (TPSA) is 62.7 Å². The summed E-state index contributed by atoms with van der Waals surface area (Å²) < 4.78 is 19.9. The number of nitrogens with zero attached hydrogens (tertiary/aromatic N) is 2. The largest absolute Gasteiger partial charge is 0.465 e. The molecule has 6 heteroatoms. The molecule has 0 atom stereocenters. The van der Waals surface area contributed by atoms with Gasteiger partial charge in [-0.05, 0) is 62.0 Å². The highest BCUT2D eigenvalue weighted by molar-refractivity contribution is 5.64. The molecule has 2 fully saturated rings. The van der Waals surface area contributed by atoms with Gasteiger partial charge in [0.05, 0.1) is 12.3 Å². The van der Waals surface area contributed by atoms with E-state index >= 15 is 0 Å². The third kappa shape index (κ3) is 4.23. The average Bonchev–Trinajstić information content (AvgIpc) is 2.61. The summed E-state index contributed by atoms with van der Waals surface area (Å²) in [5.74, 6) is 0.523. The number of carbonyl (C=O) groups is 1. The smallest absolute Gasteiger partial charge is 0.407 e. The predicted molar refractivity (Wildman–Crippen MR) is 87.5 cm³/mol. The van der Waals surface area contributed by atoms with Crippen LogP contribution in [0.15, 0.2) is 18.5 Å². The van der Waals surface area contributed by atoms with Crippen molar-refractivity contribution in [3.8, 4) is 0 Å². The van der Waals surface area contributed by atoms with Crippen LogP contribution in [0.2, 0.25) is 0 Å². The minimum atomic E-state index is -0.823. The first kappa shape index (κ1) is 17.1. The Bertz CT molecular complexity index is 553. The maximum atomic E-state index is 13.8. The van der Waals surface area contributed by atoms with Gasteiger partial charge in [0.1, 0.15) is 5.82 Å². The minimum absolute atomic E-state index is 0.202. The van der Waals surface area contributed by atoms with Gasteiger partial charge >= 0.3 is 6.09 Å². The molecular weight excluding hydrogens is 311 g/mol. The van der Waals surface area contributed by atoms with Crippen molar-refractivity contribution in [3.63, 3.8) is 0 Å². The van der Waals surface area contributed by atoms with Gasteiger partial charge in [0.25, 0.3) is 0 Å². The Kier molecular flexibility index (Phi) is 5.66. The molecule has 2 aliphatic rings. The Morgan fingerprint density at radius 1 is 1.25 bits per heavy atom. The van der Waals surface area contributed by atoms with E-state index in [1.807, 2.05) is 0 Å². The van der Waals surface area contributed by atoms with Crippen molar-refractivity contribution in [1.82, 2.24) is 9.88 Å². The molecule has 5 nitrogen and oxygen atoms in total. The van der Waals surface area contributed by atoms with Crippen molar-refractivity contribution >= 4 is 6.09 Å². The molecule has 0 radical (unpaired) electrons. The quantitative estimate of drug-likeness (QED) is 0.911. The number of hydrogen-bond donors (Lipinski definition) is 1. The van der Waals surface area contributed by atoms with E-state index in [9.17, 15) is 9.18 Å². The van der Waals surface area contributed by atoms with Crippen LogP contribution >= 0.6 is 0 Å². The van der Waals surface area contributed by atoms with E-state index in [0.29, 0.717) is 25.6 Å². The van der Waals surface area contributed by atoms with E-state index < -0.39 is 6.09 Å². The maximum Gasteiger partial charge on any atom is 0.407 e. The number of piperidine rings is 1. The van der Waals surface area contributed by atoms with Gasteiger partial charge in [-0.25, -0.2) is 9.18 Å². The van der Waals surface area contributed by atoms with Gasteiger partial charge in [0, 0.05) is 25.9 Å². The molecule has 0 aromatic carbocycles. The molecule has 1 saturated heterocycles. The number of halogens is 1. The fourth-order valence-corrected chi connectivity index (χ4v) is 3.82. The minimum Gasteiger partial charge on any atom is -0.465 e. The zero-order chi connectivity index (χ0) is 16.9. The van der Waals surface area contributed by atoms with E-state index in [1.165, 1.54) is 11.1 Å². The standard InChI is InChI=1S/C18H25FN2O3/c19-17-11-20-8-5-16(17)14-1-3-15(4-2-14)24-12-13-6-9-21(10-7-13)18(22)23/h5,8,11,13-15H,1-4,6-7,9-10,12H2,(H,22,23)/t14-,15-. The number of ether oxygens (including phenoxy) is 1. The van der Waals surface area contributed by atoms with Crippen LogP contribution < -0.4 is 0 Å². The van der Waals surface area contributed by atoms with Crippen molar-refractivity contribution in [2.75, 3.05) is 19.7 Å². The highest BCUT2D eigenvalue weighted by atomic mass is 19.1.